The second kappa shape index (κ2) is 4.95. The summed E-state index contributed by atoms with van der Waals surface area (Å²) in [5, 5.41) is 3.75. The highest BCUT2D eigenvalue weighted by molar-refractivity contribution is 5.89. The molecule has 4 nitrogen and oxygen atoms in total. The highest BCUT2D eigenvalue weighted by atomic mass is 16.5. The summed E-state index contributed by atoms with van der Waals surface area (Å²) in [5.41, 5.74) is -0.235. The number of hydrogen-bond donors (Lipinski definition) is 1. The number of hydrogen-bond acceptors (Lipinski definition) is 3. The summed E-state index contributed by atoms with van der Waals surface area (Å²) >= 11 is 0. The Morgan fingerprint density at radius 1 is 1.33 bits per heavy atom. The molecule has 4 unspecified atom stereocenters. The molecule has 21 heavy (non-hydrogen) atoms. The Morgan fingerprint density at radius 2 is 2.10 bits per heavy atom. The molecular weight excluding hydrogens is 264 g/mol. The van der Waals surface area contributed by atoms with Gasteiger partial charge in [-0.3, -0.25) is 10.1 Å². The average molecular weight is 292 g/mol. The molecule has 0 radical (unpaired) electrons. The van der Waals surface area contributed by atoms with Crippen LogP contribution in [0.15, 0.2) is 0 Å². The summed E-state index contributed by atoms with van der Waals surface area (Å²) in [6, 6.07) is 0.326. The molecule has 1 saturated carbocycles. The first-order valence-electron chi connectivity index (χ1n) is 8.85. The van der Waals surface area contributed by atoms with Crippen molar-refractivity contribution in [2.24, 2.45) is 5.92 Å². The Hall–Kier alpha value is -0.610. The van der Waals surface area contributed by atoms with Crippen molar-refractivity contribution in [1.82, 2.24) is 10.2 Å². The Bertz CT molecular complexity index is 431. The van der Waals surface area contributed by atoms with Crippen molar-refractivity contribution in [2.75, 3.05) is 0 Å². The van der Waals surface area contributed by atoms with E-state index in [-0.39, 0.29) is 11.7 Å². The predicted molar refractivity (Wildman–Crippen MR) is 80.7 cm³/mol. The van der Waals surface area contributed by atoms with Gasteiger partial charge in [-0.2, -0.15) is 0 Å². The molecule has 0 aromatic heterocycles. The zero-order valence-electron chi connectivity index (χ0n) is 13.3. The molecule has 1 N–H and O–H groups in total. The lowest BCUT2D eigenvalue weighted by Gasteiger charge is -2.34. The van der Waals surface area contributed by atoms with Gasteiger partial charge in [0, 0.05) is 0 Å². The first kappa shape index (κ1) is 14.0. The number of nitrogens with one attached hydrogen (secondary N) is 1. The number of rotatable bonds is 3. The van der Waals surface area contributed by atoms with Crippen molar-refractivity contribution >= 4 is 5.91 Å². The van der Waals surface area contributed by atoms with Crippen LogP contribution in [0.5, 0.6) is 0 Å². The summed E-state index contributed by atoms with van der Waals surface area (Å²) in [6.07, 6.45) is 9.81. The van der Waals surface area contributed by atoms with E-state index in [1.165, 1.54) is 19.3 Å². The molecule has 4 aliphatic rings. The number of carbonyl (C=O) groups is 1. The number of fused-ring (bicyclic) bond motifs is 2. The normalized spacial score (nSPS) is 41.1. The topological polar surface area (TPSA) is 41.6 Å². The van der Waals surface area contributed by atoms with E-state index >= 15 is 0 Å². The van der Waals surface area contributed by atoms with E-state index in [1.807, 2.05) is 0 Å². The van der Waals surface area contributed by atoms with Crippen LogP contribution in [0.1, 0.15) is 65.2 Å². The van der Waals surface area contributed by atoms with Crippen LogP contribution in [0.2, 0.25) is 0 Å². The maximum Gasteiger partial charge on any atom is 0.244 e. The largest absolute Gasteiger partial charge is 0.373 e. The highest BCUT2D eigenvalue weighted by Crippen LogP contribution is 2.44. The molecule has 4 heteroatoms. The average Bonchev–Trinajstić information content (AvgIpc) is 3.16. The molecule has 1 spiro atoms. The Labute approximate surface area is 127 Å². The number of ether oxygens (including phenoxy) is 1. The van der Waals surface area contributed by atoms with E-state index in [0.717, 1.165) is 32.1 Å². The van der Waals surface area contributed by atoms with Gasteiger partial charge in [0.15, 0.2) is 0 Å². The lowest BCUT2D eigenvalue weighted by molar-refractivity contribution is -0.136. The van der Waals surface area contributed by atoms with E-state index in [4.69, 9.17) is 4.74 Å². The van der Waals surface area contributed by atoms with Crippen molar-refractivity contribution in [3.8, 4) is 0 Å². The van der Waals surface area contributed by atoms with E-state index in [0.29, 0.717) is 30.1 Å². The lowest BCUT2D eigenvalue weighted by atomic mass is 9.92. The summed E-state index contributed by atoms with van der Waals surface area (Å²) in [7, 11) is 0. The van der Waals surface area contributed by atoms with E-state index in [1.54, 1.807) is 0 Å². The van der Waals surface area contributed by atoms with E-state index in [2.05, 4.69) is 24.1 Å². The van der Waals surface area contributed by atoms with Gasteiger partial charge in [0.1, 0.15) is 0 Å². The predicted octanol–water partition coefficient (Wildman–Crippen LogP) is 2.42. The van der Waals surface area contributed by atoms with Crippen LogP contribution in [0.4, 0.5) is 0 Å². The van der Waals surface area contributed by atoms with Crippen LogP contribution in [-0.4, -0.2) is 40.8 Å². The van der Waals surface area contributed by atoms with Gasteiger partial charge in [-0.15, -0.1) is 0 Å². The van der Waals surface area contributed by atoms with Gasteiger partial charge < -0.3 is 9.64 Å². The Kier molecular flexibility index (Phi) is 3.30. The van der Waals surface area contributed by atoms with Crippen molar-refractivity contribution in [1.29, 1.82) is 0 Å². The minimum absolute atomic E-state index is 0.226. The molecule has 1 aliphatic carbocycles. The van der Waals surface area contributed by atoms with Crippen molar-refractivity contribution < 1.29 is 9.53 Å². The summed E-state index contributed by atoms with van der Waals surface area (Å²) in [5.74, 6) is 0.987. The highest BCUT2D eigenvalue weighted by Gasteiger charge is 2.57. The summed E-state index contributed by atoms with van der Waals surface area (Å²) in [4.78, 5) is 15.4. The minimum atomic E-state index is -0.235. The van der Waals surface area contributed by atoms with Crippen LogP contribution in [0.3, 0.4) is 0 Å². The second-order valence-electron chi connectivity index (χ2n) is 7.97. The molecular formula is C17H28N2O2. The van der Waals surface area contributed by atoms with Crippen LogP contribution in [0.25, 0.3) is 0 Å². The fourth-order valence-corrected chi connectivity index (χ4v) is 5.08. The standard InChI is InChI=1S/C17H28N2O2/c1-11(2)9-15-18-17(7-3-4-8-17)16(20)19(15)13-10-12-5-6-14(13)21-12/h11-15,18H,3-10H2,1-2H3. The third-order valence-electron chi connectivity index (χ3n) is 6.01. The Morgan fingerprint density at radius 3 is 2.67 bits per heavy atom. The smallest absolute Gasteiger partial charge is 0.244 e. The first-order valence-corrected chi connectivity index (χ1v) is 8.85. The zero-order valence-corrected chi connectivity index (χ0v) is 13.3. The summed E-state index contributed by atoms with van der Waals surface area (Å²) in [6.45, 7) is 4.50. The lowest BCUT2D eigenvalue weighted by Crippen LogP contribution is -2.49. The zero-order chi connectivity index (χ0) is 14.6. The molecule has 2 bridgehead atoms. The molecule has 3 heterocycles. The number of amides is 1. The van der Waals surface area contributed by atoms with E-state index in [9.17, 15) is 4.79 Å². The van der Waals surface area contributed by atoms with Gasteiger partial charge in [-0.25, -0.2) is 0 Å². The van der Waals surface area contributed by atoms with Crippen molar-refractivity contribution in [3.05, 3.63) is 0 Å². The maximum absolute atomic E-state index is 13.2. The van der Waals surface area contributed by atoms with Gasteiger partial charge in [0.05, 0.1) is 30.0 Å². The first-order chi connectivity index (χ1) is 10.1. The third kappa shape index (κ3) is 2.14. The van der Waals surface area contributed by atoms with Gasteiger partial charge >= 0.3 is 0 Å². The second-order valence-corrected chi connectivity index (χ2v) is 7.97. The molecule has 118 valence electrons. The van der Waals surface area contributed by atoms with Crippen LogP contribution in [-0.2, 0) is 9.53 Å². The third-order valence-corrected chi connectivity index (χ3v) is 6.01. The van der Waals surface area contributed by atoms with Crippen LogP contribution < -0.4 is 5.32 Å². The quantitative estimate of drug-likeness (QED) is 0.868. The molecule has 3 saturated heterocycles. The molecule has 4 fully saturated rings. The fraction of sp³-hybridized carbons (Fsp3) is 0.941. The van der Waals surface area contributed by atoms with Crippen molar-refractivity contribution in [2.45, 2.75) is 95.2 Å². The molecule has 4 rings (SSSR count). The maximum atomic E-state index is 13.2. The van der Waals surface area contributed by atoms with Gasteiger partial charge in [-0.05, 0) is 44.4 Å². The fourth-order valence-electron chi connectivity index (χ4n) is 5.08. The number of nitrogens with zero attached hydrogens (tertiary/aromatic N) is 1. The van der Waals surface area contributed by atoms with Crippen LogP contribution >= 0.6 is 0 Å². The molecule has 3 aliphatic heterocycles. The van der Waals surface area contributed by atoms with Gasteiger partial charge in [0.25, 0.3) is 0 Å². The molecule has 0 aromatic carbocycles. The van der Waals surface area contributed by atoms with Crippen LogP contribution in [0, 0.1) is 5.92 Å². The summed E-state index contributed by atoms with van der Waals surface area (Å²) < 4.78 is 6.03. The molecule has 0 aromatic rings. The monoisotopic (exact) mass is 292 g/mol. The van der Waals surface area contributed by atoms with Crippen molar-refractivity contribution in [3.63, 3.8) is 0 Å². The Balaban J connectivity index is 1.60. The molecule has 4 atom stereocenters. The van der Waals surface area contributed by atoms with E-state index < -0.39 is 0 Å². The minimum Gasteiger partial charge on any atom is -0.373 e. The SMILES string of the molecule is CC(C)CC1NC2(CCCC2)C(=O)N1C1CC2CCC1O2. The van der Waals surface area contributed by atoms with Gasteiger partial charge in [-0.1, -0.05) is 26.7 Å². The van der Waals surface area contributed by atoms with Gasteiger partial charge in [0.2, 0.25) is 5.91 Å². The number of carbonyl (C=O) groups excluding carboxylic acids is 1. The molecule has 1 amide bonds.